The highest BCUT2D eigenvalue weighted by Crippen LogP contribution is 2.36. The van der Waals surface area contributed by atoms with Crippen LogP contribution in [0, 0.1) is 6.92 Å². The Morgan fingerprint density at radius 1 is 0.821 bits per heavy atom. The molecule has 4 aromatic carbocycles. The fourth-order valence-electron chi connectivity index (χ4n) is 4.26. The van der Waals surface area contributed by atoms with E-state index in [1.165, 1.54) is 0 Å². The molecule has 39 heavy (non-hydrogen) atoms. The quantitative estimate of drug-likeness (QED) is 0.113. The molecule has 0 aliphatic carbocycles. The Balaban J connectivity index is 1.60. The van der Waals surface area contributed by atoms with Crippen molar-refractivity contribution in [1.82, 2.24) is 0 Å². The molecule has 0 unspecified atom stereocenters. The predicted molar refractivity (Wildman–Crippen MR) is 157 cm³/mol. The molecule has 4 heteroatoms. The molecular formula is C35H34O4. The first kappa shape index (κ1) is 27.5. The molecule has 0 fully saturated rings. The van der Waals surface area contributed by atoms with Crippen molar-refractivity contribution in [2.24, 2.45) is 0 Å². The largest absolute Gasteiger partial charge is 0.497 e. The number of hydrogen-bond donors (Lipinski definition) is 0. The van der Waals surface area contributed by atoms with Crippen LogP contribution in [-0.4, -0.2) is 12.9 Å². The molecule has 0 aliphatic heterocycles. The van der Waals surface area contributed by atoms with Gasteiger partial charge in [0.2, 0.25) is 0 Å². The molecule has 0 atom stereocenters. The van der Waals surface area contributed by atoms with E-state index in [4.69, 9.17) is 14.2 Å². The van der Waals surface area contributed by atoms with Gasteiger partial charge in [-0.25, -0.2) is 0 Å². The lowest BCUT2D eigenvalue weighted by atomic mass is 9.77. The Bertz CT molecular complexity index is 1460. The second-order valence-corrected chi connectivity index (χ2v) is 9.96. The molecule has 0 radical (unpaired) electrons. The maximum Gasteiger partial charge on any atom is 0.193 e. The van der Waals surface area contributed by atoms with Gasteiger partial charge in [-0.3, -0.25) is 4.79 Å². The lowest BCUT2D eigenvalue weighted by molar-refractivity contribution is 0.103. The Morgan fingerprint density at radius 2 is 1.38 bits per heavy atom. The van der Waals surface area contributed by atoms with Crippen LogP contribution in [0.4, 0.5) is 0 Å². The summed E-state index contributed by atoms with van der Waals surface area (Å²) < 4.78 is 17.4. The zero-order valence-corrected chi connectivity index (χ0v) is 23.0. The lowest BCUT2D eigenvalue weighted by Gasteiger charge is -2.27. The molecule has 0 heterocycles. The average molecular weight is 519 g/mol. The van der Waals surface area contributed by atoms with Crippen LogP contribution in [0.5, 0.6) is 17.2 Å². The highest BCUT2D eigenvalue weighted by atomic mass is 16.5. The van der Waals surface area contributed by atoms with Crippen molar-refractivity contribution >= 4 is 5.78 Å². The number of aryl methyl sites for hydroxylation is 1. The topological polar surface area (TPSA) is 44.8 Å². The summed E-state index contributed by atoms with van der Waals surface area (Å²) in [7, 11) is 1.66. The molecule has 0 saturated carbocycles. The fraction of sp³-hybridized carbons (Fsp3) is 0.171. The number of ketones is 1. The summed E-state index contributed by atoms with van der Waals surface area (Å²) >= 11 is 0. The van der Waals surface area contributed by atoms with Crippen molar-refractivity contribution in [2.75, 3.05) is 7.11 Å². The fourth-order valence-corrected chi connectivity index (χ4v) is 4.26. The van der Waals surface area contributed by atoms with Crippen LogP contribution in [0.2, 0.25) is 0 Å². The number of allylic oxidation sites excluding steroid dienone is 1. The molecule has 198 valence electrons. The minimum atomic E-state index is -0.271. The van der Waals surface area contributed by atoms with Gasteiger partial charge in [0.1, 0.15) is 29.6 Å². The highest BCUT2D eigenvalue weighted by molar-refractivity contribution is 6.09. The molecule has 0 aliphatic rings. The van der Waals surface area contributed by atoms with E-state index >= 15 is 0 Å². The highest BCUT2D eigenvalue weighted by Gasteiger charge is 2.25. The Morgan fingerprint density at radius 3 is 1.97 bits per heavy atom. The molecule has 4 nitrogen and oxygen atoms in total. The average Bonchev–Trinajstić information content (AvgIpc) is 2.96. The van der Waals surface area contributed by atoms with E-state index in [2.05, 4.69) is 51.3 Å². The lowest BCUT2D eigenvalue weighted by Crippen LogP contribution is -2.19. The molecule has 4 rings (SSSR count). The summed E-state index contributed by atoms with van der Waals surface area (Å²) in [6.45, 7) is 14.2. The van der Waals surface area contributed by atoms with Gasteiger partial charge in [0.25, 0.3) is 0 Å². The van der Waals surface area contributed by atoms with E-state index in [1.807, 2.05) is 61.5 Å². The van der Waals surface area contributed by atoms with Crippen molar-refractivity contribution in [3.63, 3.8) is 0 Å². The van der Waals surface area contributed by atoms with Crippen LogP contribution in [0.1, 0.15) is 52.0 Å². The monoisotopic (exact) mass is 518 g/mol. The van der Waals surface area contributed by atoms with Gasteiger partial charge < -0.3 is 14.2 Å². The summed E-state index contributed by atoms with van der Waals surface area (Å²) in [5, 5.41) is 0. The van der Waals surface area contributed by atoms with Crippen LogP contribution in [0.3, 0.4) is 0 Å². The summed E-state index contributed by atoms with van der Waals surface area (Å²) in [4.78, 5) is 12.9. The van der Waals surface area contributed by atoms with Crippen LogP contribution in [-0.2, 0) is 16.8 Å². The maximum absolute atomic E-state index is 12.9. The first-order valence-corrected chi connectivity index (χ1v) is 12.8. The number of methoxy groups -OCH3 is 1. The molecular weight excluding hydrogens is 484 g/mol. The summed E-state index contributed by atoms with van der Waals surface area (Å²) in [6.07, 6.45) is 1.58. The molecule has 0 saturated heterocycles. The van der Waals surface area contributed by atoms with Gasteiger partial charge in [-0.2, -0.15) is 0 Å². The van der Waals surface area contributed by atoms with E-state index < -0.39 is 0 Å². The number of carbonyl (C=O) groups excluding carboxylic acids is 1. The molecule has 0 N–H and O–H groups in total. The van der Waals surface area contributed by atoms with Crippen molar-refractivity contribution in [2.45, 2.75) is 32.8 Å². The number of ether oxygens (including phenoxy) is 3. The Labute approximate surface area is 231 Å². The first-order valence-electron chi connectivity index (χ1n) is 12.8. The standard InChI is InChI=1S/C35H34O4/c1-7-25(3)38-23-28-22-30(35(4,5)29-14-19-31(37-6)20-15-29)16-21-33(28)39-32-17-12-27(13-18-32)34(36)26-10-8-24(2)9-11-26/h7-22H,1,3,23H2,2,4-6H3. The second kappa shape index (κ2) is 11.9. The minimum absolute atomic E-state index is 0.0244. The molecule has 0 aromatic heterocycles. The van der Waals surface area contributed by atoms with Crippen LogP contribution >= 0.6 is 0 Å². The number of hydrogen-bond acceptors (Lipinski definition) is 4. The van der Waals surface area contributed by atoms with Gasteiger partial charge in [-0.15, -0.1) is 0 Å². The Hall–Kier alpha value is -4.57. The summed E-state index contributed by atoms with van der Waals surface area (Å²) in [5.41, 5.74) is 5.25. The van der Waals surface area contributed by atoms with E-state index in [-0.39, 0.29) is 17.8 Å². The normalized spacial score (nSPS) is 11.0. The van der Waals surface area contributed by atoms with Crippen LogP contribution < -0.4 is 9.47 Å². The van der Waals surface area contributed by atoms with Gasteiger partial charge >= 0.3 is 0 Å². The first-order chi connectivity index (χ1) is 18.7. The third-order valence-electron chi connectivity index (χ3n) is 6.89. The van der Waals surface area contributed by atoms with Crippen molar-refractivity contribution in [1.29, 1.82) is 0 Å². The third-order valence-corrected chi connectivity index (χ3v) is 6.89. The molecule has 0 amide bonds. The van der Waals surface area contributed by atoms with Gasteiger partial charge in [-0.05, 0) is 72.7 Å². The molecule has 0 spiro atoms. The van der Waals surface area contributed by atoms with Crippen molar-refractivity contribution < 1.29 is 19.0 Å². The smallest absolute Gasteiger partial charge is 0.193 e. The second-order valence-electron chi connectivity index (χ2n) is 9.96. The minimum Gasteiger partial charge on any atom is -0.497 e. The van der Waals surface area contributed by atoms with Gasteiger partial charge in [0.15, 0.2) is 5.78 Å². The number of carbonyl (C=O) groups is 1. The van der Waals surface area contributed by atoms with E-state index in [0.717, 1.165) is 28.0 Å². The zero-order chi connectivity index (χ0) is 28.0. The third kappa shape index (κ3) is 6.47. The van der Waals surface area contributed by atoms with Gasteiger partial charge in [-0.1, -0.05) is 75.0 Å². The van der Waals surface area contributed by atoms with Gasteiger partial charge in [0, 0.05) is 22.1 Å². The predicted octanol–water partition coefficient (Wildman–Crippen LogP) is 8.57. The number of benzene rings is 4. The zero-order valence-electron chi connectivity index (χ0n) is 23.0. The van der Waals surface area contributed by atoms with Crippen molar-refractivity contribution in [3.05, 3.63) is 149 Å². The Kier molecular flexibility index (Phi) is 8.36. The molecule has 0 bridgehead atoms. The maximum atomic E-state index is 12.9. The van der Waals surface area contributed by atoms with Crippen LogP contribution in [0.25, 0.3) is 0 Å². The number of rotatable bonds is 11. The van der Waals surface area contributed by atoms with E-state index in [1.54, 1.807) is 25.3 Å². The SMILES string of the molecule is C=CC(=C)OCc1cc(C(C)(C)c2ccc(OC)cc2)ccc1Oc1ccc(C(=O)c2ccc(C)cc2)cc1. The summed E-state index contributed by atoms with van der Waals surface area (Å²) in [6, 6.07) is 29.0. The van der Waals surface area contributed by atoms with Gasteiger partial charge in [0.05, 0.1) is 7.11 Å². The van der Waals surface area contributed by atoms with E-state index in [0.29, 0.717) is 28.4 Å². The molecule has 4 aromatic rings. The van der Waals surface area contributed by atoms with Crippen LogP contribution in [0.15, 0.2) is 116 Å². The van der Waals surface area contributed by atoms with E-state index in [9.17, 15) is 4.79 Å². The summed E-state index contributed by atoms with van der Waals surface area (Å²) in [5.74, 6) is 2.57. The van der Waals surface area contributed by atoms with Crippen molar-refractivity contribution in [3.8, 4) is 17.2 Å².